The summed E-state index contributed by atoms with van der Waals surface area (Å²) in [6.07, 6.45) is 7.50. The first-order valence-corrected chi connectivity index (χ1v) is 12.2. The Morgan fingerprint density at radius 1 is 1.12 bits per heavy atom. The van der Waals surface area contributed by atoms with E-state index >= 15 is 0 Å². The number of amides is 3. The Morgan fingerprint density at radius 2 is 1.91 bits per heavy atom. The molecule has 3 amide bonds. The number of nitrogens with zero attached hydrogens (tertiary/aromatic N) is 2. The van der Waals surface area contributed by atoms with Crippen molar-refractivity contribution in [3.05, 3.63) is 74.9 Å². The van der Waals surface area contributed by atoms with E-state index < -0.39 is 6.04 Å². The van der Waals surface area contributed by atoms with E-state index in [2.05, 4.69) is 28.7 Å². The number of aryl methyl sites for hydroxylation is 1. The maximum atomic E-state index is 13.5. The molecule has 1 saturated heterocycles. The van der Waals surface area contributed by atoms with Crippen molar-refractivity contribution in [3.63, 3.8) is 0 Å². The van der Waals surface area contributed by atoms with Crippen molar-refractivity contribution >= 4 is 46.0 Å². The van der Waals surface area contributed by atoms with E-state index in [0.717, 1.165) is 28.4 Å². The lowest BCUT2D eigenvalue weighted by Gasteiger charge is -2.29. The van der Waals surface area contributed by atoms with Crippen molar-refractivity contribution in [2.24, 2.45) is 0 Å². The quantitative estimate of drug-likeness (QED) is 0.284. The van der Waals surface area contributed by atoms with Crippen LogP contribution in [0.15, 0.2) is 60.2 Å². The van der Waals surface area contributed by atoms with E-state index in [1.807, 2.05) is 37.3 Å². The summed E-state index contributed by atoms with van der Waals surface area (Å²) in [4.78, 5) is 42.6. The summed E-state index contributed by atoms with van der Waals surface area (Å²) in [5.41, 5.74) is 3.43. The molecule has 2 aliphatic rings. The van der Waals surface area contributed by atoms with Gasteiger partial charge < -0.3 is 4.90 Å². The van der Waals surface area contributed by atoms with Gasteiger partial charge in [-0.05, 0) is 98.0 Å². The normalized spacial score (nSPS) is 18.6. The van der Waals surface area contributed by atoms with E-state index in [-0.39, 0.29) is 24.1 Å². The number of halogens is 1. The van der Waals surface area contributed by atoms with Crippen molar-refractivity contribution < 1.29 is 14.4 Å². The Kier molecular flexibility index (Phi) is 7.08. The molecule has 0 aromatic heterocycles. The Balaban J connectivity index is 1.61. The SMILES string of the molecule is Cc1cccc(C(=O)N(CCC2=CCCCC2)C2CC(=O)N(c3ccc(I)cc3)C2=O)c1. The zero-order valence-electron chi connectivity index (χ0n) is 18.2. The maximum absolute atomic E-state index is 13.5. The first-order valence-electron chi connectivity index (χ1n) is 11.1. The van der Waals surface area contributed by atoms with Crippen LogP contribution >= 0.6 is 22.6 Å². The minimum Gasteiger partial charge on any atom is -0.326 e. The molecular formula is C26H27IN2O3. The van der Waals surface area contributed by atoms with E-state index in [9.17, 15) is 14.4 Å². The second-order valence-corrected chi connectivity index (χ2v) is 9.74. The summed E-state index contributed by atoms with van der Waals surface area (Å²) >= 11 is 2.19. The molecule has 6 heteroatoms. The minimum absolute atomic E-state index is 0.0153. The highest BCUT2D eigenvalue weighted by molar-refractivity contribution is 14.1. The van der Waals surface area contributed by atoms with Gasteiger partial charge in [0.1, 0.15) is 6.04 Å². The molecule has 1 aliphatic carbocycles. The van der Waals surface area contributed by atoms with Gasteiger partial charge in [-0.3, -0.25) is 14.4 Å². The van der Waals surface area contributed by atoms with Crippen molar-refractivity contribution in [1.29, 1.82) is 0 Å². The van der Waals surface area contributed by atoms with E-state index in [1.54, 1.807) is 23.1 Å². The molecule has 4 rings (SSSR count). The molecule has 2 aromatic rings. The fourth-order valence-corrected chi connectivity index (χ4v) is 4.82. The largest absolute Gasteiger partial charge is 0.326 e. The van der Waals surface area contributed by atoms with E-state index in [1.165, 1.54) is 23.3 Å². The number of hydrogen-bond donors (Lipinski definition) is 0. The number of allylic oxidation sites excluding steroid dienone is 1. The Morgan fingerprint density at radius 3 is 2.59 bits per heavy atom. The van der Waals surface area contributed by atoms with Gasteiger partial charge in [-0.2, -0.15) is 0 Å². The molecule has 166 valence electrons. The smallest absolute Gasteiger partial charge is 0.257 e. The van der Waals surface area contributed by atoms with Crippen LogP contribution in [0.5, 0.6) is 0 Å². The standard InChI is InChI=1S/C26H27IN2O3/c1-18-6-5-9-20(16-18)25(31)28(15-14-19-7-3-2-4-8-19)23-17-24(30)29(26(23)32)22-12-10-21(27)11-13-22/h5-7,9-13,16,23H,2-4,8,14-15,17H2,1H3. The van der Waals surface area contributed by atoms with Crippen molar-refractivity contribution in [3.8, 4) is 0 Å². The average Bonchev–Trinajstić information content (AvgIpc) is 3.09. The van der Waals surface area contributed by atoms with Crippen LogP contribution in [0.4, 0.5) is 5.69 Å². The number of benzene rings is 2. The third-order valence-corrected chi connectivity index (χ3v) is 6.89. The summed E-state index contributed by atoms with van der Waals surface area (Å²) in [7, 11) is 0. The highest BCUT2D eigenvalue weighted by atomic mass is 127. The lowest BCUT2D eigenvalue weighted by Crippen LogP contribution is -2.46. The van der Waals surface area contributed by atoms with Gasteiger partial charge in [0.2, 0.25) is 5.91 Å². The van der Waals surface area contributed by atoms with Crippen LogP contribution < -0.4 is 4.90 Å². The molecular weight excluding hydrogens is 515 g/mol. The van der Waals surface area contributed by atoms with Crippen LogP contribution in [0.3, 0.4) is 0 Å². The summed E-state index contributed by atoms with van der Waals surface area (Å²) in [6.45, 7) is 2.37. The number of imide groups is 1. The number of hydrogen-bond acceptors (Lipinski definition) is 3. The molecule has 1 heterocycles. The second-order valence-electron chi connectivity index (χ2n) is 8.49. The predicted octanol–water partition coefficient (Wildman–Crippen LogP) is 5.26. The lowest BCUT2D eigenvalue weighted by atomic mass is 9.96. The first-order chi connectivity index (χ1) is 15.4. The van der Waals surface area contributed by atoms with Gasteiger partial charge in [-0.25, -0.2) is 4.90 Å². The molecule has 2 aromatic carbocycles. The van der Waals surface area contributed by atoms with Crippen molar-refractivity contribution in [2.45, 2.75) is 51.5 Å². The summed E-state index contributed by atoms with van der Waals surface area (Å²) in [5.74, 6) is -0.782. The number of rotatable bonds is 6. The molecule has 0 spiro atoms. The molecule has 5 nitrogen and oxygen atoms in total. The van der Waals surface area contributed by atoms with Gasteiger partial charge in [0.05, 0.1) is 12.1 Å². The summed E-state index contributed by atoms with van der Waals surface area (Å²) < 4.78 is 1.03. The van der Waals surface area contributed by atoms with E-state index in [4.69, 9.17) is 0 Å². The van der Waals surface area contributed by atoms with Crippen LogP contribution in [-0.4, -0.2) is 35.2 Å². The Labute approximate surface area is 202 Å². The molecule has 0 radical (unpaired) electrons. The highest BCUT2D eigenvalue weighted by Crippen LogP contribution is 2.29. The average molecular weight is 542 g/mol. The van der Waals surface area contributed by atoms with Gasteiger partial charge in [-0.15, -0.1) is 0 Å². The Bertz CT molecular complexity index is 1060. The van der Waals surface area contributed by atoms with Crippen molar-refractivity contribution in [2.75, 3.05) is 11.4 Å². The molecule has 1 atom stereocenters. The minimum atomic E-state index is -0.779. The fraction of sp³-hybridized carbons (Fsp3) is 0.346. The van der Waals surface area contributed by atoms with Crippen LogP contribution in [0.1, 0.15) is 54.4 Å². The molecule has 1 fully saturated rings. The Hall–Kier alpha value is -2.48. The van der Waals surface area contributed by atoms with Gasteiger partial charge in [0.25, 0.3) is 11.8 Å². The van der Waals surface area contributed by atoms with Crippen LogP contribution in [0.25, 0.3) is 0 Å². The molecule has 0 bridgehead atoms. The van der Waals surface area contributed by atoms with Gasteiger partial charge in [0, 0.05) is 15.7 Å². The van der Waals surface area contributed by atoms with E-state index in [0.29, 0.717) is 17.8 Å². The van der Waals surface area contributed by atoms with Gasteiger partial charge in [-0.1, -0.05) is 29.3 Å². The fourth-order valence-electron chi connectivity index (χ4n) is 4.46. The lowest BCUT2D eigenvalue weighted by molar-refractivity contribution is -0.122. The van der Waals surface area contributed by atoms with Gasteiger partial charge in [0.15, 0.2) is 0 Å². The maximum Gasteiger partial charge on any atom is 0.257 e. The van der Waals surface area contributed by atoms with Crippen LogP contribution in [-0.2, 0) is 9.59 Å². The molecule has 1 aliphatic heterocycles. The monoisotopic (exact) mass is 542 g/mol. The number of anilines is 1. The zero-order chi connectivity index (χ0) is 22.7. The molecule has 1 unspecified atom stereocenters. The zero-order valence-corrected chi connectivity index (χ0v) is 20.4. The highest BCUT2D eigenvalue weighted by Gasteiger charge is 2.44. The topological polar surface area (TPSA) is 57.7 Å². The van der Waals surface area contributed by atoms with Crippen molar-refractivity contribution in [1.82, 2.24) is 4.90 Å². The molecule has 0 saturated carbocycles. The summed E-state index contributed by atoms with van der Waals surface area (Å²) in [5, 5.41) is 0. The molecule has 0 N–H and O–H groups in total. The number of carbonyl (C=O) groups is 3. The third-order valence-electron chi connectivity index (χ3n) is 6.17. The van der Waals surface area contributed by atoms with Gasteiger partial charge >= 0.3 is 0 Å². The van der Waals surface area contributed by atoms with Crippen LogP contribution in [0, 0.1) is 10.5 Å². The number of carbonyl (C=O) groups excluding carboxylic acids is 3. The third kappa shape index (κ3) is 4.95. The molecule has 32 heavy (non-hydrogen) atoms. The summed E-state index contributed by atoms with van der Waals surface area (Å²) in [6, 6.07) is 13.9. The first kappa shape index (κ1) is 22.7. The predicted molar refractivity (Wildman–Crippen MR) is 133 cm³/mol. The van der Waals surface area contributed by atoms with Crippen LogP contribution in [0.2, 0.25) is 0 Å². The second kappa shape index (κ2) is 9.98.